The Morgan fingerprint density at radius 2 is 2.20 bits per heavy atom. The second kappa shape index (κ2) is 6.10. The Bertz CT molecular complexity index is 607. The average molecular weight is 275 g/mol. The molecule has 0 saturated heterocycles. The van der Waals surface area contributed by atoms with E-state index in [0.29, 0.717) is 29.5 Å². The van der Waals surface area contributed by atoms with Gasteiger partial charge in [-0.15, -0.1) is 0 Å². The minimum Gasteiger partial charge on any atom is -0.493 e. The van der Waals surface area contributed by atoms with Gasteiger partial charge in [0, 0.05) is 11.1 Å². The van der Waals surface area contributed by atoms with Gasteiger partial charge in [-0.3, -0.25) is 9.89 Å². The number of anilines is 1. The largest absolute Gasteiger partial charge is 0.493 e. The Labute approximate surface area is 117 Å². The van der Waals surface area contributed by atoms with Crippen LogP contribution < -0.4 is 14.8 Å². The molecule has 0 saturated carbocycles. The van der Waals surface area contributed by atoms with Crippen LogP contribution in [0.5, 0.6) is 11.5 Å². The van der Waals surface area contributed by atoms with Crippen LogP contribution in [0.2, 0.25) is 0 Å². The Kier molecular flexibility index (Phi) is 4.24. The molecule has 1 amide bonds. The summed E-state index contributed by atoms with van der Waals surface area (Å²) in [5.74, 6) is 1.50. The number of amides is 1. The molecule has 1 aromatic heterocycles. The van der Waals surface area contributed by atoms with Gasteiger partial charge in [0.1, 0.15) is 5.82 Å². The maximum absolute atomic E-state index is 12.2. The lowest BCUT2D eigenvalue weighted by Crippen LogP contribution is -2.13. The van der Waals surface area contributed by atoms with Crippen LogP contribution in [0.1, 0.15) is 22.8 Å². The zero-order chi connectivity index (χ0) is 14.5. The van der Waals surface area contributed by atoms with E-state index in [-0.39, 0.29) is 5.91 Å². The predicted molar refractivity (Wildman–Crippen MR) is 75.4 cm³/mol. The lowest BCUT2D eigenvalue weighted by Gasteiger charge is -2.11. The van der Waals surface area contributed by atoms with Crippen LogP contribution in [0.25, 0.3) is 0 Å². The minimum absolute atomic E-state index is 0.235. The van der Waals surface area contributed by atoms with Crippen molar-refractivity contribution in [2.45, 2.75) is 13.8 Å². The van der Waals surface area contributed by atoms with Gasteiger partial charge in [0.15, 0.2) is 11.5 Å². The van der Waals surface area contributed by atoms with Gasteiger partial charge in [-0.1, -0.05) is 0 Å². The van der Waals surface area contributed by atoms with E-state index in [9.17, 15) is 4.79 Å². The highest BCUT2D eigenvalue weighted by molar-refractivity contribution is 6.04. The number of aromatic nitrogens is 2. The summed E-state index contributed by atoms with van der Waals surface area (Å²) in [6, 6.07) is 5.05. The summed E-state index contributed by atoms with van der Waals surface area (Å²) in [6.07, 6.45) is 1.65. The number of hydrogen-bond donors (Lipinski definition) is 2. The van der Waals surface area contributed by atoms with Crippen LogP contribution in [0.15, 0.2) is 24.4 Å². The van der Waals surface area contributed by atoms with Crippen molar-refractivity contribution >= 4 is 11.7 Å². The van der Waals surface area contributed by atoms with Crippen molar-refractivity contribution < 1.29 is 14.3 Å². The van der Waals surface area contributed by atoms with Crippen molar-refractivity contribution in [2.75, 3.05) is 19.0 Å². The zero-order valence-corrected chi connectivity index (χ0v) is 11.7. The summed E-state index contributed by atoms with van der Waals surface area (Å²) in [6.45, 7) is 4.24. The van der Waals surface area contributed by atoms with Crippen LogP contribution >= 0.6 is 0 Å². The van der Waals surface area contributed by atoms with Gasteiger partial charge in [-0.2, -0.15) is 5.10 Å². The van der Waals surface area contributed by atoms with E-state index in [0.717, 1.165) is 5.56 Å². The molecule has 2 rings (SSSR count). The average Bonchev–Trinajstić information content (AvgIpc) is 2.84. The quantitative estimate of drug-likeness (QED) is 0.878. The molecule has 106 valence electrons. The topological polar surface area (TPSA) is 76.2 Å². The molecular formula is C14H17N3O3. The Balaban J connectivity index is 2.21. The van der Waals surface area contributed by atoms with Crippen molar-refractivity contribution in [3.8, 4) is 11.5 Å². The lowest BCUT2D eigenvalue weighted by atomic mass is 10.2. The third-order valence-corrected chi connectivity index (χ3v) is 2.79. The van der Waals surface area contributed by atoms with Crippen molar-refractivity contribution in [2.24, 2.45) is 0 Å². The normalized spacial score (nSPS) is 10.2. The minimum atomic E-state index is -0.235. The number of methoxy groups -OCH3 is 1. The van der Waals surface area contributed by atoms with Gasteiger partial charge in [-0.05, 0) is 32.0 Å². The first kappa shape index (κ1) is 13.9. The molecule has 0 fully saturated rings. The van der Waals surface area contributed by atoms with Gasteiger partial charge in [0.25, 0.3) is 5.91 Å². The van der Waals surface area contributed by atoms with Crippen LogP contribution in [-0.2, 0) is 0 Å². The molecule has 0 radical (unpaired) electrons. The summed E-state index contributed by atoms with van der Waals surface area (Å²) < 4.78 is 10.6. The Hall–Kier alpha value is -2.50. The molecule has 0 aliphatic rings. The SMILES string of the molecule is CCOc1cc(C(=O)Nc2[nH]ncc2C)ccc1OC. The number of carbonyl (C=O) groups excluding carboxylic acids is 1. The van der Waals surface area contributed by atoms with Crippen LogP contribution in [-0.4, -0.2) is 29.8 Å². The van der Waals surface area contributed by atoms with Gasteiger partial charge in [-0.25, -0.2) is 0 Å². The number of nitrogens with zero attached hydrogens (tertiary/aromatic N) is 1. The molecule has 0 atom stereocenters. The molecule has 0 aliphatic heterocycles. The highest BCUT2D eigenvalue weighted by atomic mass is 16.5. The van der Waals surface area contributed by atoms with Crippen molar-refractivity contribution in [1.82, 2.24) is 10.2 Å². The first-order valence-electron chi connectivity index (χ1n) is 6.27. The van der Waals surface area contributed by atoms with Gasteiger partial charge in [0.05, 0.1) is 19.9 Å². The Morgan fingerprint density at radius 1 is 1.40 bits per heavy atom. The number of nitrogens with one attached hydrogen (secondary N) is 2. The molecule has 0 aliphatic carbocycles. The van der Waals surface area contributed by atoms with Gasteiger partial charge >= 0.3 is 0 Å². The van der Waals surface area contributed by atoms with Crippen LogP contribution in [0.3, 0.4) is 0 Å². The number of rotatable bonds is 5. The molecule has 6 nitrogen and oxygen atoms in total. The Morgan fingerprint density at radius 3 is 2.80 bits per heavy atom. The van der Waals surface area contributed by atoms with Crippen LogP contribution in [0.4, 0.5) is 5.82 Å². The highest BCUT2D eigenvalue weighted by Gasteiger charge is 2.12. The van der Waals surface area contributed by atoms with Crippen molar-refractivity contribution in [3.05, 3.63) is 35.5 Å². The summed E-state index contributed by atoms with van der Waals surface area (Å²) >= 11 is 0. The molecule has 0 bridgehead atoms. The van der Waals surface area contributed by atoms with E-state index < -0.39 is 0 Å². The van der Waals surface area contributed by atoms with Crippen molar-refractivity contribution in [1.29, 1.82) is 0 Å². The number of carbonyl (C=O) groups is 1. The van der Waals surface area contributed by atoms with Gasteiger partial charge in [0.2, 0.25) is 0 Å². The maximum Gasteiger partial charge on any atom is 0.256 e. The van der Waals surface area contributed by atoms with E-state index in [1.54, 1.807) is 31.5 Å². The molecule has 0 unspecified atom stereocenters. The molecular weight excluding hydrogens is 258 g/mol. The number of aryl methyl sites for hydroxylation is 1. The second-order valence-corrected chi connectivity index (χ2v) is 4.18. The zero-order valence-electron chi connectivity index (χ0n) is 11.7. The number of benzene rings is 1. The molecule has 1 aromatic carbocycles. The maximum atomic E-state index is 12.2. The summed E-state index contributed by atoms with van der Waals surface area (Å²) in [5.41, 5.74) is 1.36. The summed E-state index contributed by atoms with van der Waals surface area (Å²) in [7, 11) is 1.56. The fraction of sp³-hybridized carbons (Fsp3) is 0.286. The monoisotopic (exact) mass is 275 g/mol. The van der Waals surface area contributed by atoms with Crippen molar-refractivity contribution in [3.63, 3.8) is 0 Å². The second-order valence-electron chi connectivity index (χ2n) is 4.18. The number of aromatic amines is 1. The molecule has 20 heavy (non-hydrogen) atoms. The van der Waals surface area contributed by atoms with E-state index >= 15 is 0 Å². The summed E-state index contributed by atoms with van der Waals surface area (Å²) in [4.78, 5) is 12.2. The van der Waals surface area contributed by atoms with E-state index in [1.165, 1.54) is 0 Å². The van der Waals surface area contributed by atoms with Crippen LogP contribution in [0, 0.1) is 6.92 Å². The third kappa shape index (κ3) is 2.90. The number of hydrogen-bond acceptors (Lipinski definition) is 4. The predicted octanol–water partition coefficient (Wildman–Crippen LogP) is 2.38. The molecule has 0 spiro atoms. The molecule has 2 aromatic rings. The van der Waals surface area contributed by atoms with E-state index in [4.69, 9.17) is 9.47 Å². The molecule has 1 heterocycles. The van der Waals surface area contributed by atoms with E-state index in [2.05, 4.69) is 15.5 Å². The standard InChI is InChI=1S/C14H17N3O3/c1-4-20-12-7-10(5-6-11(12)19-3)14(18)16-13-9(2)8-15-17-13/h5-8H,4H2,1-3H3,(H2,15,16,17,18). The highest BCUT2D eigenvalue weighted by Crippen LogP contribution is 2.28. The van der Waals surface area contributed by atoms with E-state index in [1.807, 2.05) is 13.8 Å². The smallest absolute Gasteiger partial charge is 0.256 e. The first-order chi connectivity index (χ1) is 9.65. The third-order valence-electron chi connectivity index (χ3n) is 2.79. The van der Waals surface area contributed by atoms with Gasteiger partial charge < -0.3 is 14.8 Å². The first-order valence-corrected chi connectivity index (χ1v) is 6.27. The summed E-state index contributed by atoms with van der Waals surface area (Å²) in [5, 5.41) is 9.35. The lowest BCUT2D eigenvalue weighted by molar-refractivity contribution is 0.102. The number of ether oxygens (including phenoxy) is 2. The fourth-order valence-corrected chi connectivity index (χ4v) is 1.74. The molecule has 6 heteroatoms. The fourth-order valence-electron chi connectivity index (χ4n) is 1.74. The molecule has 2 N–H and O–H groups in total. The number of H-pyrrole nitrogens is 1.